The maximum absolute atomic E-state index is 12.7. The summed E-state index contributed by atoms with van der Waals surface area (Å²) in [4.78, 5) is 42.1. The van der Waals surface area contributed by atoms with Gasteiger partial charge in [-0.2, -0.15) is 0 Å². The topological polar surface area (TPSA) is 98.7 Å². The zero-order valence-corrected chi connectivity index (χ0v) is 14.2. The minimum Gasteiger partial charge on any atom is -0.408 e. The quantitative estimate of drug-likeness (QED) is 0.877. The van der Waals surface area contributed by atoms with Gasteiger partial charge >= 0.3 is 11.8 Å². The number of oxazole rings is 1. The number of urea groups is 1. The molecule has 0 saturated carbocycles. The third kappa shape index (κ3) is 3.84. The van der Waals surface area contributed by atoms with E-state index in [9.17, 15) is 14.4 Å². The molecule has 0 radical (unpaired) electrons. The van der Waals surface area contributed by atoms with Crippen molar-refractivity contribution < 1.29 is 14.0 Å². The monoisotopic (exact) mass is 346 g/mol. The van der Waals surface area contributed by atoms with Crippen molar-refractivity contribution in [1.29, 1.82) is 0 Å². The molecule has 0 unspecified atom stereocenters. The predicted octanol–water partition coefficient (Wildman–Crippen LogP) is 1.39. The molecule has 0 bridgehead atoms. The highest BCUT2D eigenvalue weighted by Crippen LogP contribution is 2.15. The molecule has 2 aromatic rings. The van der Waals surface area contributed by atoms with Crippen LogP contribution >= 0.6 is 0 Å². The second kappa shape index (κ2) is 7.42. The van der Waals surface area contributed by atoms with Gasteiger partial charge in [0.15, 0.2) is 5.58 Å². The summed E-state index contributed by atoms with van der Waals surface area (Å²) < 4.78 is 4.95. The lowest BCUT2D eigenvalue weighted by molar-refractivity contribution is 0.0762. The molecule has 8 nitrogen and oxygen atoms in total. The van der Waals surface area contributed by atoms with Crippen molar-refractivity contribution in [2.45, 2.75) is 19.8 Å². The van der Waals surface area contributed by atoms with Crippen LogP contribution in [0.3, 0.4) is 0 Å². The molecule has 25 heavy (non-hydrogen) atoms. The van der Waals surface area contributed by atoms with Crippen molar-refractivity contribution >= 4 is 23.0 Å². The summed E-state index contributed by atoms with van der Waals surface area (Å²) in [6.07, 6.45) is 1.62. The number of hydrogen-bond acceptors (Lipinski definition) is 4. The van der Waals surface area contributed by atoms with Crippen molar-refractivity contribution in [1.82, 2.24) is 20.1 Å². The summed E-state index contributed by atoms with van der Waals surface area (Å²) in [5, 5.41) is 2.87. The van der Waals surface area contributed by atoms with Crippen molar-refractivity contribution in [2.75, 3.05) is 32.7 Å². The van der Waals surface area contributed by atoms with Gasteiger partial charge in [-0.3, -0.25) is 9.78 Å². The third-order valence-electron chi connectivity index (χ3n) is 4.26. The van der Waals surface area contributed by atoms with Crippen molar-refractivity contribution in [3.8, 4) is 0 Å². The van der Waals surface area contributed by atoms with Crippen LogP contribution in [0.5, 0.6) is 0 Å². The van der Waals surface area contributed by atoms with Gasteiger partial charge in [-0.1, -0.05) is 6.92 Å². The van der Waals surface area contributed by atoms with Crippen LogP contribution in [0, 0.1) is 0 Å². The number of aromatic amines is 1. The molecule has 8 heteroatoms. The Morgan fingerprint density at radius 2 is 1.96 bits per heavy atom. The second-order valence-electron chi connectivity index (χ2n) is 6.09. The van der Waals surface area contributed by atoms with E-state index in [0.717, 1.165) is 12.8 Å². The standard InChI is InChI=1S/C17H22N4O4/c1-2-6-18-16(23)21-8-3-7-20(9-10-21)15(22)12-4-5-14-13(11-12)19-17(24)25-14/h4-5,11H,2-3,6-10H2,1H3,(H,18,23)(H,19,24). The Kier molecular flexibility index (Phi) is 5.06. The molecule has 0 aliphatic carbocycles. The molecule has 0 atom stereocenters. The van der Waals surface area contributed by atoms with Crippen LogP contribution in [0.1, 0.15) is 30.1 Å². The first kappa shape index (κ1) is 17.1. The molecule has 134 valence electrons. The van der Waals surface area contributed by atoms with Crippen LogP contribution in [0.15, 0.2) is 27.4 Å². The summed E-state index contributed by atoms with van der Waals surface area (Å²) in [5.74, 6) is -0.650. The number of benzene rings is 1. The lowest BCUT2D eigenvalue weighted by atomic mass is 10.1. The van der Waals surface area contributed by atoms with E-state index in [1.54, 1.807) is 28.0 Å². The van der Waals surface area contributed by atoms with Crippen molar-refractivity contribution in [2.24, 2.45) is 0 Å². The van der Waals surface area contributed by atoms with E-state index in [4.69, 9.17) is 4.42 Å². The number of rotatable bonds is 3. The summed E-state index contributed by atoms with van der Waals surface area (Å²) in [6.45, 7) is 4.88. The summed E-state index contributed by atoms with van der Waals surface area (Å²) in [5.41, 5.74) is 1.43. The molecule has 0 spiro atoms. The Bertz CT molecular complexity index is 825. The highest BCUT2D eigenvalue weighted by molar-refractivity contribution is 5.97. The fraction of sp³-hybridized carbons (Fsp3) is 0.471. The highest BCUT2D eigenvalue weighted by atomic mass is 16.4. The summed E-state index contributed by atoms with van der Waals surface area (Å²) in [6, 6.07) is 4.81. The molecule has 3 amide bonds. The van der Waals surface area contributed by atoms with E-state index >= 15 is 0 Å². The number of amides is 3. The van der Waals surface area contributed by atoms with Crippen molar-refractivity contribution in [3.63, 3.8) is 0 Å². The van der Waals surface area contributed by atoms with E-state index < -0.39 is 5.76 Å². The van der Waals surface area contributed by atoms with Gasteiger partial charge in [0.05, 0.1) is 5.52 Å². The Morgan fingerprint density at radius 1 is 1.20 bits per heavy atom. The van der Waals surface area contributed by atoms with Crippen LogP contribution in [0.4, 0.5) is 4.79 Å². The van der Waals surface area contributed by atoms with Gasteiger partial charge in [0.1, 0.15) is 0 Å². The summed E-state index contributed by atoms with van der Waals surface area (Å²) >= 11 is 0. The fourth-order valence-corrected chi connectivity index (χ4v) is 2.93. The molecule has 1 aromatic carbocycles. The SMILES string of the molecule is CCCNC(=O)N1CCCN(C(=O)c2ccc3oc(=O)[nH]c3c2)CC1. The Labute approximate surface area is 144 Å². The normalized spacial score (nSPS) is 15.2. The molecule has 1 saturated heterocycles. The van der Waals surface area contributed by atoms with Crippen LogP contribution in [0.25, 0.3) is 11.1 Å². The van der Waals surface area contributed by atoms with E-state index in [2.05, 4.69) is 10.3 Å². The molecule has 2 heterocycles. The Hall–Kier alpha value is -2.77. The van der Waals surface area contributed by atoms with E-state index in [1.807, 2.05) is 6.92 Å². The minimum absolute atomic E-state index is 0.0754. The van der Waals surface area contributed by atoms with Gasteiger partial charge in [-0.25, -0.2) is 9.59 Å². The second-order valence-corrected chi connectivity index (χ2v) is 6.09. The van der Waals surface area contributed by atoms with Crippen LogP contribution < -0.4 is 11.1 Å². The van der Waals surface area contributed by atoms with Crippen LogP contribution in [-0.2, 0) is 0 Å². The number of nitrogens with one attached hydrogen (secondary N) is 2. The Balaban J connectivity index is 1.67. The Morgan fingerprint density at radius 3 is 2.76 bits per heavy atom. The van der Waals surface area contributed by atoms with E-state index in [-0.39, 0.29) is 11.9 Å². The number of aromatic nitrogens is 1. The first-order chi connectivity index (χ1) is 12.1. The molecule has 3 rings (SSSR count). The molecule has 2 N–H and O–H groups in total. The number of H-pyrrole nitrogens is 1. The predicted molar refractivity (Wildman–Crippen MR) is 92.6 cm³/mol. The number of fused-ring (bicyclic) bond motifs is 1. The smallest absolute Gasteiger partial charge is 0.408 e. The third-order valence-corrected chi connectivity index (χ3v) is 4.26. The van der Waals surface area contributed by atoms with Crippen molar-refractivity contribution in [3.05, 3.63) is 34.3 Å². The molecule has 1 aromatic heterocycles. The average molecular weight is 346 g/mol. The molecule has 1 aliphatic heterocycles. The molecular formula is C17H22N4O4. The number of nitrogens with zero attached hydrogens (tertiary/aromatic N) is 2. The fourth-order valence-electron chi connectivity index (χ4n) is 2.93. The first-order valence-corrected chi connectivity index (χ1v) is 8.53. The zero-order chi connectivity index (χ0) is 17.8. The maximum atomic E-state index is 12.7. The molecule has 1 aliphatic rings. The van der Waals surface area contributed by atoms with Gasteiger partial charge in [0, 0.05) is 38.3 Å². The maximum Gasteiger partial charge on any atom is 0.417 e. The van der Waals surface area contributed by atoms with E-state index in [0.29, 0.717) is 49.4 Å². The van der Waals surface area contributed by atoms with Gasteiger partial charge in [-0.05, 0) is 31.0 Å². The summed E-state index contributed by atoms with van der Waals surface area (Å²) in [7, 11) is 0. The molecular weight excluding hydrogens is 324 g/mol. The zero-order valence-electron chi connectivity index (χ0n) is 14.2. The minimum atomic E-state index is -0.539. The first-order valence-electron chi connectivity index (χ1n) is 8.53. The van der Waals surface area contributed by atoms with Crippen LogP contribution in [0.2, 0.25) is 0 Å². The van der Waals surface area contributed by atoms with Gasteiger partial charge < -0.3 is 19.5 Å². The van der Waals surface area contributed by atoms with E-state index in [1.165, 1.54) is 0 Å². The highest BCUT2D eigenvalue weighted by Gasteiger charge is 2.23. The number of carbonyl (C=O) groups excluding carboxylic acids is 2. The largest absolute Gasteiger partial charge is 0.417 e. The van der Waals surface area contributed by atoms with Gasteiger partial charge in [0.25, 0.3) is 5.91 Å². The number of hydrogen-bond donors (Lipinski definition) is 2. The lowest BCUT2D eigenvalue weighted by Gasteiger charge is -2.22. The van der Waals surface area contributed by atoms with Gasteiger partial charge in [0.2, 0.25) is 0 Å². The number of carbonyl (C=O) groups is 2. The average Bonchev–Trinajstić information content (AvgIpc) is 2.82. The van der Waals surface area contributed by atoms with Crippen LogP contribution in [-0.4, -0.2) is 59.4 Å². The lowest BCUT2D eigenvalue weighted by Crippen LogP contribution is -2.42. The molecule has 1 fully saturated rings. The van der Waals surface area contributed by atoms with Gasteiger partial charge in [-0.15, -0.1) is 0 Å².